The number of ether oxygens (including phenoxy) is 2. The lowest BCUT2D eigenvalue weighted by Crippen LogP contribution is -2.41. The van der Waals surface area contributed by atoms with E-state index in [1.165, 1.54) is 0 Å². The van der Waals surface area contributed by atoms with Crippen LogP contribution in [-0.4, -0.2) is 44.0 Å². The Morgan fingerprint density at radius 3 is 2.60 bits per heavy atom. The Bertz CT molecular complexity index is 448. The zero-order valence-electron chi connectivity index (χ0n) is 12.5. The van der Waals surface area contributed by atoms with Crippen LogP contribution in [0.5, 0.6) is 11.5 Å². The molecule has 0 N–H and O–H groups in total. The molecule has 0 aromatic heterocycles. The van der Waals surface area contributed by atoms with Crippen LogP contribution in [0.1, 0.15) is 13.8 Å². The minimum Gasteiger partial charge on any atom is -0.497 e. The molecule has 0 bridgehead atoms. The molecule has 0 atom stereocenters. The first-order valence-electron chi connectivity index (χ1n) is 6.49. The fourth-order valence-corrected chi connectivity index (χ4v) is 1.78. The first-order valence-corrected chi connectivity index (χ1v) is 7.02. The average Bonchev–Trinajstić information content (AvgIpc) is 2.46. The number of likely N-dealkylation sites (N-methyl/N-ethyl adjacent to an activating group) is 1. The summed E-state index contributed by atoms with van der Waals surface area (Å²) in [6.45, 7) is 4.60. The van der Waals surface area contributed by atoms with Crippen LogP contribution in [0, 0.1) is 5.41 Å². The number of halogens is 1. The molecule has 1 amide bonds. The third kappa shape index (κ3) is 4.60. The molecular formula is C15H22ClNO3. The first-order chi connectivity index (χ1) is 9.40. The van der Waals surface area contributed by atoms with E-state index < -0.39 is 5.41 Å². The van der Waals surface area contributed by atoms with Crippen molar-refractivity contribution >= 4 is 17.5 Å². The van der Waals surface area contributed by atoms with E-state index in [0.29, 0.717) is 19.0 Å². The summed E-state index contributed by atoms with van der Waals surface area (Å²) in [5.74, 6) is 1.78. The van der Waals surface area contributed by atoms with Crippen molar-refractivity contribution in [2.45, 2.75) is 13.8 Å². The minimum atomic E-state index is -0.549. The van der Waals surface area contributed by atoms with Crippen molar-refractivity contribution in [1.29, 1.82) is 0 Å². The molecule has 1 rings (SSSR count). The summed E-state index contributed by atoms with van der Waals surface area (Å²) >= 11 is 5.80. The predicted molar refractivity (Wildman–Crippen MR) is 80.6 cm³/mol. The molecule has 0 saturated heterocycles. The maximum atomic E-state index is 12.1. The van der Waals surface area contributed by atoms with E-state index in [1.54, 1.807) is 19.1 Å². The van der Waals surface area contributed by atoms with E-state index in [0.717, 1.165) is 11.5 Å². The van der Waals surface area contributed by atoms with Crippen LogP contribution in [0.3, 0.4) is 0 Å². The van der Waals surface area contributed by atoms with Gasteiger partial charge in [-0.1, -0.05) is 6.07 Å². The molecule has 0 radical (unpaired) electrons. The van der Waals surface area contributed by atoms with E-state index in [2.05, 4.69) is 0 Å². The van der Waals surface area contributed by atoms with Gasteiger partial charge in [0.05, 0.1) is 19.1 Å². The molecule has 0 aliphatic rings. The van der Waals surface area contributed by atoms with Gasteiger partial charge in [0.1, 0.15) is 18.1 Å². The number of rotatable bonds is 7. The summed E-state index contributed by atoms with van der Waals surface area (Å²) in [7, 11) is 3.37. The number of hydrogen-bond donors (Lipinski definition) is 0. The number of nitrogens with zero attached hydrogens (tertiary/aromatic N) is 1. The Kier molecular flexibility index (Phi) is 6.14. The molecule has 0 aliphatic heterocycles. The van der Waals surface area contributed by atoms with Gasteiger partial charge in [0, 0.05) is 19.0 Å². The maximum Gasteiger partial charge on any atom is 0.229 e. The number of carbonyl (C=O) groups is 1. The molecule has 0 unspecified atom stereocenters. The number of carbonyl (C=O) groups excluding carboxylic acids is 1. The van der Waals surface area contributed by atoms with Crippen LogP contribution in [0.15, 0.2) is 24.3 Å². The summed E-state index contributed by atoms with van der Waals surface area (Å²) in [5.41, 5.74) is -0.549. The number of methoxy groups -OCH3 is 1. The van der Waals surface area contributed by atoms with E-state index in [-0.39, 0.29) is 5.91 Å². The Labute approximate surface area is 125 Å². The van der Waals surface area contributed by atoms with Crippen LogP contribution in [0.2, 0.25) is 0 Å². The number of benzene rings is 1. The normalized spacial score (nSPS) is 11.1. The van der Waals surface area contributed by atoms with Crippen molar-refractivity contribution in [3.05, 3.63) is 24.3 Å². The van der Waals surface area contributed by atoms with Gasteiger partial charge < -0.3 is 14.4 Å². The molecule has 0 saturated carbocycles. The first kappa shape index (κ1) is 16.6. The fraction of sp³-hybridized carbons (Fsp3) is 0.533. The van der Waals surface area contributed by atoms with Crippen molar-refractivity contribution in [3.8, 4) is 11.5 Å². The topological polar surface area (TPSA) is 38.8 Å². The van der Waals surface area contributed by atoms with Gasteiger partial charge in [-0.15, -0.1) is 11.6 Å². The lowest BCUT2D eigenvalue weighted by atomic mass is 9.94. The standard InChI is InChI=1S/C15H22ClNO3/c1-15(2,11-16)14(18)17(3)8-9-20-13-7-5-6-12(10-13)19-4/h5-7,10H,8-9,11H2,1-4H3. The minimum absolute atomic E-state index is 0.0155. The summed E-state index contributed by atoms with van der Waals surface area (Å²) in [4.78, 5) is 13.7. The van der Waals surface area contributed by atoms with Gasteiger partial charge in [0.2, 0.25) is 5.91 Å². The molecule has 4 nitrogen and oxygen atoms in total. The van der Waals surface area contributed by atoms with Crippen LogP contribution >= 0.6 is 11.6 Å². The summed E-state index contributed by atoms with van der Waals surface area (Å²) < 4.78 is 10.7. The second-order valence-electron chi connectivity index (χ2n) is 5.27. The molecular weight excluding hydrogens is 278 g/mol. The molecule has 1 aromatic rings. The summed E-state index contributed by atoms with van der Waals surface area (Å²) in [6, 6.07) is 7.38. The van der Waals surface area contributed by atoms with Gasteiger partial charge in [-0.25, -0.2) is 0 Å². The molecule has 0 heterocycles. The number of hydrogen-bond acceptors (Lipinski definition) is 3. The zero-order valence-corrected chi connectivity index (χ0v) is 13.2. The SMILES string of the molecule is COc1cccc(OCCN(C)C(=O)C(C)(C)CCl)c1. The van der Waals surface area contributed by atoms with Gasteiger partial charge in [0.25, 0.3) is 0 Å². The molecule has 20 heavy (non-hydrogen) atoms. The average molecular weight is 300 g/mol. The summed E-state index contributed by atoms with van der Waals surface area (Å²) in [6.07, 6.45) is 0. The molecule has 0 spiro atoms. The van der Waals surface area contributed by atoms with Gasteiger partial charge in [-0.2, -0.15) is 0 Å². The highest BCUT2D eigenvalue weighted by Crippen LogP contribution is 2.21. The molecule has 0 aliphatic carbocycles. The van der Waals surface area contributed by atoms with E-state index in [9.17, 15) is 4.79 Å². The zero-order chi connectivity index (χ0) is 15.2. The van der Waals surface area contributed by atoms with Crippen molar-refractivity contribution in [3.63, 3.8) is 0 Å². The second-order valence-corrected chi connectivity index (χ2v) is 5.54. The summed E-state index contributed by atoms with van der Waals surface area (Å²) in [5, 5.41) is 0. The van der Waals surface area contributed by atoms with Crippen molar-refractivity contribution < 1.29 is 14.3 Å². The van der Waals surface area contributed by atoms with Crippen molar-refractivity contribution in [2.75, 3.05) is 33.2 Å². The molecule has 1 aromatic carbocycles. The van der Waals surface area contributed by atoms with Crippen LogP contribution < -0.4 is 9.47 Å². The fourth-order valence-electron chi connectivity index (χ4n) is 1.67. The Morgan fingerprint density at radius 1 is 1.35 bits per heavy atom. The van der Waals surface area contributed by atoms with Crippen LogP contribution in [0.4, 0.5) is 0 Å². The predicted octanol–water partition coefficient (Wildman–Crippen LogP) is 2.80. The molecule has 0 fully saturated rings. The Hall–Kier alpha value is -1.42. The monoisotopic (exact) mass is 299 g/mol. The van der Waals surface area contributed by atoms with Gasteiger partial charge in [-0.05, 0) is 26.0 Å². The largest absolute Gasteiger partial charge is 0.497 e. The van der Waals surface area contributed by atoms with E-state index >= 15 is 0 Å². The van der Waals surface area contributed by atoms with Gasteiger partial charge in [0.15, 0.2) is 0 Å². The lowest BCUT2D eigenvalue weighted by molar-refractivity contribution is -0.138. The molecule has 112 valence electrons. The highest BCUT2D eigenvalue weighted by Gasteiger charge is 2.29. The Morgan fingerprint density at radius 2 is 2.00 bits per heavy atom. The smallest absolute Gasteiger partial charge is 0.229 e. The van der Waals surface area contributed by atoms with E-state index in [4.69, 9.17) is 21.1 Å². The molecule has 5 heteroatoms. The van der Waals surface area contributed by atoms with Crippen molar-refractivity contribution in [2.24, 2.45) is 5.41 Å². The Balaban J connectivity index is 2.45. The van der Waals surface area contributed by atoms with Crippen LogP contribution in [-0.2, 0) is 4.79 Å². The highest BCUT2D eigenvalue weighted by atomic mass is 35.5. The third-order valence-electron chi connectivity index (χ3n) is 3.00. The third-order valence-corrected chi connectivity index (χ3v) is 3.66. The number of amides is 1. The lowest BCUT2D eigenvalue weighted by Gasteiger charge is -2.27. The van der Waals surface area contributed by atoms with Gasteiger partial charge in [-0.3, -0.25) is 4.79 Å². The van der Waals surface area contributed by atoms with E-state index in [1.807, 2.05) is 38.1 Å². The quantitative estimate of drug-likeness (QED) is 0.727. The second kappa shape index (κ2) is 7.39. The number of alkyl halides is 1. The van der Waals surface area contributed by atoms with Crippen molar-refractivity contribution in [1.82, 2.24) is 4.90 Å². The highest BCUT2D eigenvalue weighted by molar-refractivity contribution is 6.19. The maximum absolute atomic E-state index is 12.1. The van der Waals surface area contributed by atoms with Gasteiger partial charge >= 0.3 is 0 Å². The van der Waals surface area contributed by atoms with Crippen LogP contribution in [0.25, 0.3) is 0 Å².